The number of ether oxygens (including phenoxy) is 1. The van der Waals surface area contributed by atoms with Crippen LogP contribution in [0.3, 0.4) is 0 Å². The van der Waals surface area contributed by atoms with E-state index < -0.39 is 0 Å². The lowest BCUT2D eigenvalue weighted by molar-refractivity contribution is -0.126. The number of rotatable bonds is 5. The molecule has 18 heavy (non-hydrogen) atoms. The van der Waals surface area contributed by atoms with Crippen LogP contribution in [0.5, 0.6) is 5.75 Å². The van der Waals surface area contributed by atoms with Crippen molar-refractivity contribution in [2.24, 2.45) is 0 Å². The van der Waals surface area contributed by atoms with Gasteiger partial charge in [-0.05, 0) is 38.0 Å². The van der Waals surface area contributed by atoms with Crippen LogP contribution in [-0.2, 0) is 11.2 Å². The maximum absolute atomic E-state index is 11.7. The highest BCUT2D eigenvalue weighted by Gasteiger charge is 2.15. The summed E-state index contributed by atoms with van der Waals surface area (Å²) in [6.45, 7) is 3.88. The largest absolute Gasteiger partial charge is 0.496 e. The molecule has 3 heteroatoms. The fraction of sp³-hybridized carbons (Fsp3) is 0.400. The monoisotopic (exact) mass is 247 g/mol. The van der Waals surface area contributed by atoms with E-state index in [0.29, 0.717) is 0 Å². The normalized spacial score (nSPS) is 12.4. The van der Waals surface area contributed by atoms with E-state index in [-0.39, 0.29) is 11.9 Å². The summed E-state index contributed by atoms with van der Waals surface area (Å²) in [5, 5.41) is 0. The summed E-state index contributed by atoms with van der Waals surface area (Å²) in [5.41, 5.74) is 1.12. The Hall–Kier alpha value is -1.77. The number of allylic oxidation sites excluding steroid dienone is 1. The van der Waals surface area contributed by atoms with Crippen molar-refractivity contribution in [3.05, 3.63) is 42.0 Å². The summed E-state index contributed by atoms with van der Waals surface area (Å²) in [6, 6.07) is 8.03. The topological polar surface area (TPSA) is 29.5 Å². The highest BCUT2D eigenvalue weighted by atomic mass is 16.5. The quantitative estimate of drug-likeness (QED) is 0.749. The first-order valence-electron chi connectivity index (χ1n) is 6.11. The Balaban J connectivity index is 2.75. The molecule has 0 spiro atoms. The lowest BCUT2D eigenvalue weighted by Gasteiger charge is -2.24. The number of para-hydroxylation sites is 1. The maximum atomic E-state index is 11.7. The number of amides is 1. The molecule has 0 saturated heterocycles. The molecule has 1 unspecified atom stereocenters. The van der Waals surface area contributed by atoms with Gasteiger partial charge in [-0.15, -0.1) is 0 Å². The zero-order valence-electron chi connectivity index (χ0n) is 11.5. The van der Waals surface area contributed by atoms with Crippen LogP contribution in [0.25, 0.3) is 0 Å². The number of likely N-dealkylation sites (N-methyl/N-ethyl adjacent to an activating group) is 1. The molecular weight excluding hydrogens is 226 g/mol. The van der Waals surface area contributed by atoms with Gasteiger partial charge in [0.25, 0.3) is 0 Å². The molecule has 0 radical (unpaired) electrons. The van der Waals surface area contributed by atoms with Crippen LogP contribution in [0.15, 0.2) is 36.4 Å². The molecule has 1 amide bonds. The fourth-order valence-electron chi connectivity index (χ4n) is 1.80. The van der Waals surface area contributed by atoms with Crippen molar-refractivity contribution in [3.63, 3.8) is 0 Å². The van der Waals surface area contributed by atoms with Crippen molar-refractivity contribution < 1.29 is 9.53 Å². The third-order valence-electron chi connectivity index (χ3n) is 3.03. The predicted molar refractivity (Wildman–Crippen MR) is 73.7 cm³/mol. The van der Waals surface area contributed by atoms with Crippen molar-refractivity contribution in [2.45, 2.75) is 26.3 Å². The summed E-state index contributed by atoms with van der Waals surface area (Å²) in [7, 11) is 3.49. The molecule has 0 aromatic heterocycles. The number of carbonyl (C=O) groups is 1. The minimum atomic E-state index is 0.0277. The molecule has 0 heterocycles. The molecular formula is C15H21NO2. The standard InChI is InChI=1S/C15H21NO2/c1-5-8-15(17)16(3)12(2)11-13-9-6-7-10-14(13)18-4/h5-10,12H,11H2,1-4H3. The fourth-order valence-corrected chi connectivity index (χ4v) is 1.80. The number of hydrogen-bond donors (Lipinski definition) is 0. The Morgan fingerprint density at radius 3 is 2.72 bits per heavy atom. The number of carbonyl (C=O) groups excluding carboxylic acids is 1. The van der Waals surface area contributed by atoms with Crippen LogP contribution in [0, 0.1) is 0 Å². The molecule has 0 saturated carbocycles. The summed E-state index contributed by atoms with van der Waals surface area (Å²) in [4.78, 5) is 13.5. The molecule has 0 N–H and O–H groups in total. The van der Waals surface area contributed by atoms with Gasteiger partial charge in [-0.2, -0.15) is 0 Å². The smallest absolute Gasteiger partial charge is 0.246 e. The van der Waals surface area contributed by atoms with E-state index in [9.17, 15) is 4.79 Å². The number of nitrogens with zero attached hydrogens (tertiary/aromatic N) is 1. The second kappa shape index (κ2) is 6.84. The molecule has 3 nitrogen and oxygen atoms in total. The Morgan fingerprint density at radius 2 is 2.11 bits per heavy atom. The van der Waals surface area contributed by atoms with Crippen molar-refractivity contribution >= 4 is 5.91 Å². The van der Waals surface area contributed by atoms with Gasteiger partial charge in [-0.25, -0.2) is 0 Å². The molecule has 1 aromatic rings. The second-order valence-corrected chi connectivity index (χ2v) is 4.31. The van der Waals surface area contributed by atoms with Gasteiger partial charge < -0.3 is 9.64 Å². The van der Waals surface area contributed by atoms with Crippen LogP contribution >= 0.6 is 0 Å². The van der Waals surface area contributed by atoms with E-state index >= 15 is 0 Å². The first kappa shape index (κ1) is 14.3. The lowest BCUT2D eigenvalue weighted by atomic mass is 10.1. The zero-order chi connectivity index (χ0) is 13.5. The van der Waals surface area contributed by atoms with Gasteiger partial charge in [0.1, 0.15) is 5.75 Å². The van der Waals surface area contributed by atoms with E-state index in [2.05, 4.69) is 0 Å². The first-order valence-corrected chi connectivity index (χ1v) is 6.11. The van der Waals surface area contributed by atoms with Crippen LogP contribution < -0.4 is 4.74 Å². The highest BCUT2D eigenvalue weighted by molar-refractivity contribution is 5.87. The lowest BCUT2D eigenvalue weighted by Crippen LogP contribution is -2.35. The summed E-state index contributed by atoms with van der Waals surface area (Å²) < 4.78 is 5.32. The Morgan fingerprint density at radius 1 is 1.44 bits per heavy atom. The van der Waals surface area contributed by atoms with Crippen LogP contribution in [0.4, 0.5) is 0 Å². The van der Waals surface area contributed by atoms with Crippen LogP contribution in [-0.4, -0.2) is 31.0 Å². The molecule has 0 aliphatic carbocycles. The third-order valence-corrected chi connectivity index (χ3v) is 3.03. The molecule has 0 aliphatic rings. The minimum Gasteiger partial charge on any atom is -0.496 e. The van der Waals surface area contributed by atoms with Gasteiger partial charge in [0.15, 0.2) is 0 Å². The van der Waals surface area contributed by atoms with Gasteiger partial charge in [-0.1, -0.05) is 24.3 Å². The molecule has 0 aliphatic heterocycles. The van der Waals surface area contributed by atoms with Gasteiger partial charge in [0.05, 0.1) is 7.11 Å². The van der Waals surface area contributed by atoms with Gasteiger partial charge in [-0.3, -0.25) is 4.79 Å². The molecule has 0 bridgehead atoms. The second-order valence-electron chi connectivity index (χ2n) is 4.31. The molecule has 98 valence electrons. The molecule has 0 fully saturated rings. The number of hydrogen-bond acceptors (Lipinski definition) is 2. The Labute approximate surface area is 109 Å². The zero-order valence-corrected chi connectivity index (χ0v) is 11.5. The summed E-state index contributed by atoms with van der Waals surface area (Å²) in [5.74, 6) is 0.899. The van der Waals surface area contributed by atoms with Crippen LogP contribution in [0.1, 0.15) is 19.4 Å². The SMILES string of the molecule is CC=CC(=O)N(C)C(C)Cc1ccccc1OC. The van der Waals surface area contributed by atoms with Gasteiger partial charge in [0.2, 0.25) is 5.91 Å². The Bertz CT molecular complexity index is 426. The van der Waals surface area contributed by atoms with Crippen LogP contribution in [0.2, 0.25) is 0 Å². The molecule has 1 aromatic carbocycles. The Kier molecular flexibility index (Phi) is 5.43. The molecule has 1 atom stereocenters. The van der Waals surface area contributed by atoms with Gasteiger partial charge >= 0.3 is 0 Å². The third kappa shape index (κ3) is 3.62. The van der Waals surface area contributed by atoms with E-state index in [4.69, 9.17) is 4.74 Å². The molecule has 1 rings (SSSR count). The number of benzene rings is 1. The van der Waals surface area contributed by atoms with E-state index in [1.807, 2.05) is 45.2 Å². The average molecular weight is 247 g/mol. The first-order chi connectivity index (χ1) is 8.60. The summed E-state index contributed by atoms with van der Waals surface area (Å²) in [6.07, 6.45) is 4.12. The van der Waals surface area contributed by atoms with Crippen molar-refractivity contribution in [3.8, 4) is 5.75 Å². The van der Waals surface area contributed by atoms with Crippen molar-refractivity contribution in [1.82, 2.24) is 4.90 Å². The van der Waals surface area contributed by atoms with E-state index in [1.165, 1.54) is 0 Å². The number of methoxy groups -OCH3 is 1. The summed E-state index contributed by atoms with van der Waals surface area (Å²) >= 11 is 0. The average Bonchev–Trinajstić information content (AvgIpc) is 2.38. The maximum Gasteiger partial charge on any atom is 0.246 e. The van der Waals surface area contributed by atoms with Crippen molar-refractivity contribution in [2.75, 3.05) is 14.2 Å². The highest BCUT2D eigenvalue weighted by Crippen LogP contribution is 2.20. The minimum absolute atomic E-state index is 0.0277. The van der Waals surface area contributed by atoms with E-state index in [0.717, 1.165) is 17.7 Å². The predicted octanol–water partition coefficient (Wildman–Crippen LogP) is 2.66. The van der Waals surface area contributed by atoms with Crippen molar-refractivity contribution in [1.29, 1.82) is 0 Å². The van der Waals surface area contributed by atoms with E-state index in [1.54, 1.807) is 24.2 Å². The van der Waals surface area contributed by atoms with Gasteiger partial charge in [0, 0.05) is 13.1 Å².